The number of hydrogen-bond donors (Lipinski definition) is 1. The third kappa shape index (κ3) is 4.02. The Labute approximate surface area is 113 Å². The third-order valence-electron chi connectivity index (χ3n) is 2.72. The van der Waals surface area contributed by atoms with Gasteiger partial charge in [-0.1, -0.05) is 6.07 Å². The molecule has 1 rings (SSSR count). The minimum Gasteiger partial charge on any atom is -0.383 e. The minimum atomic E-state index is -3.83. The number of carbonyl (C=O) groups excluding carboxylic acids is 1. The lowest BCUT2D eigenvalue weighted by Crippen LogP contribution is -2.30. The van der Waals surface area contributed by atoms with Gasteiger partial charge in [0, 0.05) is 26.3 Å². The zero-order valence-corrected chi connectivity index (χ0v) is 12.0. The van der Waals surface area contributed by atoms with Crippen molar-refractivity contribution in [2.45, 2.75) is 11.8 Å². The van der Waals surface area contributed by atoms with Gasteiger partial charge < -0.3 is 9.64 Å². The maximum absolute atomic E-state index is 12.1. The Morgan fingerprint density at radius 3 is 2.58 bits per heavy atom. The molecule has 1 amide bonds. The monoisotopic (exact) mass is 286 g/mol. The molecular weight excluding hydrogens is 268 g/mol. The molecule has 0 aliphatic carbocycles. The number of benzene rings is 1. The number of nitrogens with two attached hydrogens (primary N) is 1. The molecule has 0 aliphatic heterocycles. The van der Waals surface area contributed by atoms with Crippen LogP contribution in [-0.4, -0.2) is 46.5 Å². The standard InChI is InChI=1S/C12H18N2O4S/c1-9-4-5-10(8-11(9)19(13,16)17)12(15)14(2)6-7-18-3/h4-5,8H,6-7H2,1-3H3,(H2,13,16,17). The van der Waals surface area contributed by atoms with Crippen molar-refractivity contribution < 1.29 is 17.9 Å². The first kappa shape index (κ1) is 15.6. The molecule has 19 heavy (non-hydrogen) atoms. The molecule has 0 aromatic heterocycles. The molecule has 0 heterocycles. The summed E-state index contributed by atoms with van der Waals surface area (Å²) in [7, 11) is -0.660. The lowest BCUT2D eigenvalue weighted by molar-refractivity contribution is 0.0744. The van der Waals surface area contributed by atoms with Crippen molar-refractivity contribution in [1.29, 1.82) is 0 Å². The van der Waals surface area contributed by atoms with Gasteiger partial charge in [0.25, 0.3) is 5.91 Å². The van der Waals surface area contributed by atoms with Gasteiger partial charge in [0.1, 0.15) is 0 Å². The van der Waals surface area contributed by atoms with Crippen LogP contribution in [0.25, 0.3) is 0 Å². The van der Waals surface area contributed by atoms with E-state index < -0.39 is 10.0 Å². The summed E-state index contributed by atoms with van der Waals surface area (Å²) in [6.45, 7) is 2.46. The van der Waals surface area contributed by atoms with Crippen LogP contribution in [0.15, 0.2) is 23.1 Å². The Bertz CT molecular complexity index is 569. The second-order valence-corrected chi connectivity index (χ2v) is 5.77. The first-order valence-corrected chi connectivity index (χ1v) is 7.20. The number of carbonyl (C=O) groups is 1. The second-order valence-electron chi connectivity index (χ2n) is 4.24. The lowest BCUT2D eigenvalue weighted by atomic mass is 10.1. The number of likely N-dealkylation sites (N-methyl/N-ethyl adjacent to an activating group) is 1. The molecule has 0 unspecified atom stereocenters. The smallest absolute Gasteiger partial charge is 0.253 e. The van der Waals surface area contributed by atoms with Crippen molar-refractivity contribution in [2.24, 2.45) is 5.14 Å². The number of methoxy groups -OCH3 is 1. The Kier molecular flexibility index (Phi) is 5.04. The van der Waals surface area contributed by atoms with Gasteiger partial charge in [-0.15, -0.1) is 0 Å². The zero-order valence-electron chi connectivity index (χ0n) is 11.2. The summed E-state index contributed by atoms with van der Waals surface area (Å²) in [6.07, 6.45) is 0. The van der Waals surface area contributed by atoms with Crippen LogP contribution in [0.1, 0.15) is 15.9 Å². The summed E-state index contributed by atoms with van der Waals surface area (Å²) in [6, 6.07) is 4.45. The van der Waals surface area contributed by atoms with Crippen molar-refractivity contribution in [2.75, 3.05) is 27.3 Å². The number of hydrogen-bond acceptors (Lipinski definition) is 4. The predicted octanol–water partition coefficient (Wildman–Crippen LogP) is 0.361. The Morgan fingerprint density at radius 1 is 1.42 bits per heavy atom. The number of aryl methyl sites for hydroxylation is 1. The molecule has 0 bridgehead atoms. The topological polar surface area (TPSA) is 89.7 Å². The van der Waals surface area contributed by atoms with E-state index in [9.17, 15) is 13.2 Å². The SMILES string of the molecule is COCCN(C)C(=O)c1ccc(C)c(S(N)(=O)=O)c1. The number of sulfonamides is 1. The van der Waals surface area contributed by atoms with Crippen LogP contribution in [0, 0.1) is 6.92 Å². The van der Waals surface area contributed by atoms with Gasteiger partial charge in [0.2, 0.25) is 10.0 Å². The van der Waals surface area contributed by atoms with Crippen molar-refractivity contribution in [3.8, 4) is 0 Å². The summed E-state index contributed by atoms with van der Waals surface area (Å²) < 4.78 is 27.7. The third-order valence-corrected chi connectivity index (χ3v) is 3.77. The van der Waals surface area contributed by atoms with Gasteiger partial charge in [-0.25, -0.2) is 13.6 Å². The van der Waals surface area contributed by atoms with Crippen molar-refractivity contribution in [3.63, 3.8) is 0 Å². The summed E-state index contributed by atoms with van der Waals surface area (Å²) in [5.74, 6) is -0.276. The molecule has 1 aromatic carbocycles. The van der Waals surface area contributed by atoms with E-state index in [0.717, 1.165) is 0 Å². The maximum atomic E-state index is 12.1. The number of amides is 1. The highest BCUT2D eigenvalue weighted by atomic mass is 32.2. The van der Waals surface area contributed by atoms with Gasteiger partial charge in [-0.3, -0.25) is 4.79 Å². The van der Waals surface area contributed by atoms with E-state index in [4.69, 9.17) is 9.88 Å². The molecule has 0 saturated heterocycles. The van der Waals surface area contributed by atoms with E-state index in [1.54, 1.807) is 33.2 Å². The van der Waals surface area contributed by atoms with Crippen molar-refractivity contribution in [1.82, 2.24) is 4.90 Å². The second kappa shape index (κ2) is 6.14. The Hall–Kier alpha value is -1.44. The molecule has 106 valence electrons. The van der Waals surface area contributed by atoms with Crippen LogP contribution in [0.4, 0.5) is 0 Å². The Balaban J connectivity index is 3.06. The fourth-order valence-electron chi connectivity index (χ4n) is 1.59. The van der Waals surface area contributed by atoms with Crippen LogP contribution in [-0.2, 0) is 14.8 Å². The molecule has 7 heteroatoms. The van der Waals surface area contributed by atoms with Crippen LogP contribution in [0.2, 0.25) is 0 Å². The van der Waals surface area contributed by atoms with Gasteiger partial charge in [0.15, 0.2) is 0 Å². The molecule has 0 atom stereocenters. The average molecular weight is 286 g/mol. The van der Waals surface area contributed by atoms with E-state index in [1.165, 1.54) is 11.0 Å². The van der Waals surface area contributed by atoms with E-state index in [-0.39, 0.29) is 16.4 Å². The molecule has 0 saturated carbocycles. The summed E-state index contributed by atoms with van der Waals surface area (Å²) in [5.41, 5.74) is 0.798. The predicted molar refractivity (Wildman–Crippen MR) is 71.4 cm³/mol. The van der Waals surface area contributed by atoms with Crippen LogP contribution in [0.5, 0.6) is 0 Å². The van der Waals surface area contributed by atoms with Crippen molar-refractivity contribution >= 4 is 15.9 Å². The van der Waals surface area contributed by atoms with Gasteiger partial charge in [-0.05, 0) is 24.6 Å². The van der Waals surface area contributed by atoms with Gasteiger partial charge in [-0.2, -0.15) is 0 Å². The van der Waals surface area contributed by atoms with E-state index in [2.05, 4.69) is 0 Å². The molecule has 2 N–H and O–H groups in total. The van der Waals surface area contributed by atoms with Crippen molar-refractivity contribution in [3.05, 3.63) is 29.3 Å². The summed E-state index contributed by atoms with van der Waals surface area (Å²) in [5, 5.41) is 5.11. The fraction of sp³-hybridized carbons (Fsp3) is 0.417. The molecule has 6 nitrogen and oxygen atoms in total. The molecule has 1 aromatic rings. The number of nitrogens with zero attached hydrogens (tertiary/aromatic N) is 1. The zero-order chi connectivity index (χ0) is 14.6. The first-order chi connectivity index (χ1) is 8.77. The number of primary sulfonamides is 1. The van der Waals surface area contributed by atoms with Gasteiger partial charge >= 0.3 is 0 Å². The van der Waals surface area contributed by atoms with Crippen LogP contribution >= 0.6 is 0 Å². The highest BCUT2D eigenvalue weighted by Gasteiger charge is 2.17. The average Bonchev–Trinajstić information content (AvgIpc) is 2.34. The minimum absolute atomic E-state index is 0.0292. The molecule has 0 radical (unpaired) electrons. The highest BCUT2D eigenvalue weighted by molar-refractivity contribution is 7.89. The number of ether oxygens (including phenoxy) is 1. The highest BCUT2D eigenvalue weighted by Crippen LogP contribution is 2.16. The molecular formula is C12H18N2O4S. The normalized spacial score (nSPS) is 11.4. The fourth-order valence-corrected chi connectivity index (χ4v) is 2.40. The summed E-state index contributed by atoms with van der Waals surface area (Å²) in [4.78, 5) is 13.5. The maximum Gasteiger partial charge on any atom is 0.253 e. The molecule has 0 aliphatic rings. The van der Waals surface area contributed by atoms with E-state index in [0.29, 0.717) is 18.7 Å². The molecule has 0 spiro atoms. The lowest BCUT2D eigenvalue weighted by Gasteiger charge is -2.17. The quantitative estimate of drug-likeness (QED) is 0.846. The first-order valence-electron chi connectivity index (χ1n) is 5.65. The summed E-state index contributed by atoms with van der Waals surface area (Å²) >= 11 is 0. The van der Waals surface area contributed by atoms with Crippen LogP contribution in [0.3, 0.4) is 0 Å². The Morgan fingerprint density at radius 2 is 2.05 bits per heavy atom. The van der Waals surface area contributed by atoms with E-state index >= 15 is 0 Å². The van der Waals surface area contributed by atoms with Gasteiger partial charge in [0.05, 0.1) is 11.5 Å². The van der Waals surface area contributed by atoms with Crippen LogP contribution < -0.4 is 5.14 Å². The number of rotatable bonds is 5. The van der Waals surface area contributed by atoms with E-state index in [1.807, 2.05) is 0 Å². The molecule has 0 fully saturated rings. The largest absolute Gasteiger partial charge is 0.383 e.